The lowest BCUT2D eigenvalue weighted by atomic mass is 10.5. The normalized spacial score (nSPS) is 14.7. The molecule has 15 heteroatoms. The van der Waals surface area contributed by atoms with Crippen LogP contribution in [0.1, 0.15) is 60.3 Å². The minimum absolute atomic E-state index is 0.0405. The van der Waals surface area contributed by atoms with E-state index in [-0.39, 0.29) is 39.2 Å². The van der Waals surface area contributed by atoms with E-state index in [0.29, 0.717) is 12.8 Å². The van der Waals surface area contributed by atoms with Crippen LogP contribution < -0.4 is 5.73 Å². The minimum Gasteiger partial charge on any atom is -0.465 e. The van der Waals surface area contributed by atoms with Gasteiger partial charge in [-0.3, -0.25) is 4.79 Å². The molecule has 0 saturated carbocycles. The molecule has 0 saturated heterocycles. The Kier molecular flexibility index (Phi) is 16.5. The maximum Gasteiger partial charge on any atom is 0.510 e. The molecular weight excluding hydrogens is 489 g/mol. The summed E-state index contributed by atoms with van der Waals surface area (Å²) < 4.78 is 52.7. The molecule has 0 amide bonds. The van der Waals surface area contributed by atoms with Gasteiger partial charge in [0, 0.05) is 19.9 Å². The van der Waals surface area contributed by atoms with Crippen molar-refractivity contribution in [1.29, 1.82) is 0 Å². The highest BCUT2D eigenvalue weighted by atomic mass is 31.2. The number of rotatable bonds is 16. The third-order valence-electron chi connectivity index (χ3n) is 3.76. The summed E-state index contributed by atoms with van der Waals surface area (Å²) in [5.41, 5.74) is 5.89. The molecule has 0 aromatic heterocycles. The zero-order valence-corrected chi connectivity index (χ0v) is 22.1. The zero-order chi connectivity index (χ0) is 26.9. The maximum atomic E-state index is 13.6. The minimum atomic E-state index is -4.59. The fourth-order valence-electron chi connectivity index (χ4n) is 2.06. The SMILES string of the molecule is CCCOC(=O)OC(CC)OP(=O)(N=C(N)N(C)CC(=O)OCC)OC(CC)OC(=O)OCCC. The topological polar surface area (TPSA) is 175 Å². The van der Waals surface area contributed by atoms with Crippen LogP contribution >= 0.6 is 7.75 Å². The number of carbonyl (C=O) groups excluding carboxylic acids is 3. The molecule has 2 atom stereocenters. The van der Waals surface area contributed by atoms with Crippen molar-refractivity contribution < 1.29 is 51.7 Å². The molecular formula is C20H38N3O11P. The standard InChI is InChI=1S/C20H38N3O11P/c1-7-12-29-19(25)31-16(9-3)33-35(27,22-18(21)23(6)14-15(24)28-11-5)34-17(10-4)32-20(26)30-13-8-2/h16-17H,7-14H2,1-6H3,(H2,21,22,27). The van der Waals surface area contributed by atoms with Crippen molar-refractivity contribution in [2.45, 2.75) is 72.9 Å². The number of hydrogen-bond donors (Lipinski definition) is 1. The number of nitrogens with two attached hydrogens (primary N) is 1. The van der Waals surface area contributed by atoms with Crippen LogP contribution in [0.4, 0.5) is 9.59 Å². The molecule has 2 N–H and O–H groups in total. The van der Waals surface area contributed by atoms with Gasteiger partial charge < -0.3 is 34.3 Å². The van der Waals surface area contributed by atoms with Crippen molar-refractivity contribution in [3.05, 3.63) is 0 Å². The highest BCUT2D eigenvalue weighted by Gasteiger charge is 2.36. The van der Waals surface area contributed by atoms with E-state index < -0.39 is 44.6 Å². The molecule has 35 heavy (non-hydrogen) atoms. The Labute approximate surface area is 205 Å². The summed E-state index contributed by atoms with van der Waals surface area (Å²) in [5.74, 6) is -1.01. The Morgan fingerprint density at radius 1 is 0.857 bits per heavy atom. The molecule has 0 rings (SSSR count). The van der Waals surface area contributed by atoms with Crippen molar-refractivity contribution in [2.75, 3.05) is 33.4 Å². The van der Waals surface area contributed by atoms with Crippen molar-refractivity contribution in [3.63, 3.8) is 0 Å². The maximum absolute atomic E-state index is 13.6. The molecule has 2 unspecified atom stereocenters. The van der Waals surface area contributed by atoms with Gasteiger partial charge in [0.1, 0.15) is 6.54 Å². The van der Waals surface area contributed by atoms with Gasteiger partial charge in [0.15, 0.2) is 0 Å². The summed E-state index contributed by atoms with van der Waals surface area (Å²) in [6, 6.07) is 0. The molecule has 14 nitrogen and oxygen atoms in total. The van der Waals surface area contributed by atoms with Crippen molar-refractivity contribution in [3.8, 4) is 0 Å². The van der Waals surface area contributed by atoms with Crippen LogP contribution in [0.5, 0.6) is 0 Å². The van der Waals surface area contributed by atoms with E-state index in [1.807, 2.05) is 0 Å². The molecule has 0 aliphatic carbocycles. The van der Waals surface area contributed by atoms with Gasteiger partial charge in [0.25, 0.3) is 0 Å². The van der Waals surface area contributed by atoms with Crippen LogP contribution in [0.2, 0.25) is 0 Å². The van der Waals surface area contributed by atoms with Gasteiger partial charge in [-0.05, 0) is 19.8 Å². The van der Waals surface area contributed by atoms with Crippen LogP contribution in [-0.4, -0.2) is 75.1 Å². The molecule has 0 aliphatic rings. The summed E-state index contributed by atoms with van der Waals surface area (Å²) >= 11 is 0. The summed E-state index contributed by atoms with van der Waals surface area (Å²) in [5, 5.41) is 0. The third-order valence-corrected chi connectivity index (χ3v) is 5.21. The first kappa shape index (κ1) is 32.4. The number of nitrogens with zero attached hydrogens (tertiary/aromatic N) is 2. The Hall–Kier alpha value is -2.57. The number of esters is 1. The van der Waals surface area contributed by atoms with Crippen molar-refractivity contribution in [1.82, 2.24) is 4.90 Å². The summed E-state index contributed by atoms with van der Waals surface area (Å²) in [7, 11) is -3.20. The lowest BCUT2D eigenvalue weighted by Crippen LogP contribution is -2.38. The number of ether oxygens (including phenoxy) is 5. The Morgan fingerprint density at radius 3 is 1.69 bits per heavy atom. The number of guanidine groups is 1. The highest BCUT2D eigenvalue weighted by Crippen LogP contribution is 2.53. The molecule has 204 valence electrons. The van der Waals surface area contributed by atoms with Crippen LogP contribution in [0, 0.1) is 0 Å². The van der Waals surface area contributed by atoms with Gasteiger partial charge in [0.2, 0.25) is 18.5 Å². The van der Waals surface area contributed by atoms with Crippen LogP contribution in [0.15, 0.2) is 4.76 Å². The Bertz CT molecular complexity index is 699. The zero-order valence-electron chi connectivity index (χ0n) is 21.2. The first-order valence-corrected chi connectivity index (χ1v) is 12.9. The summed E-state index contributed by atoms with van der Waals surface area (Å²) in [6.45, 7) is 8.46. The largest absolute Gasteiger partial charge is 0.510 e. The van der Waals surface area contributed by atoms with E-state index in [9.17, 15) is 18.9 Å². The smallest absolute Gasteiger partial charge is 0.465 e. The predicted octanol–water partition coefficient (Wildman–Crippen LogP) is 3.54. The molecule has 0 aromatic rings. The molecule has 0 aliphatic heterocycles. The van der Waals surface area contributed by atoms with Gasteiger partial charge in [-0.15, -0.1) is 4.76 Å². The van der Waals surface area contributed by atoms with E-state index >= 15 is 0 Å². The average Bonchev–Trinajstić information content (AvgIpc) is 2.80. The first-order chi connectivity index (χ1) is 16.5. The van der Waals surface area contributed by atoms with Crippen LogP contribution in [0.3, 0.4) is 0 Å². The second kappa shape index (κ2) is 17.8. The third kappa shape index (κ3) is 14.4. The average molecular weight is 528 g/mol. The molecule has 0 heterocycles. The number of likely N-dealkylation sites (N-methyl/N-ethyl adjacent to an activating group) is 1. The number of carbonyl (C=O) groups is 3. The van der Waals surface area contributed by atoms with Gasteiger partial charge in [-0.25, -0.2) is 23.2 Å². The molecule has 0 fully saturated rings. The fraction of sp³-hybridized carbons (Fsp3) is 0.800. The van der Waals surface area contributed by atoms with Crippen molar-refractivity contribution in [2.24, 2.45) is 10.5 Å². The van der Waals surface area contributed by atoms with E-state index in [4.69, 9.17) is 38.5 Å². The monoisotopic (exact) mass is 527 g/mol. The van der Waals surface area contributed by atoms with E-state index in [1.165, 1.54) is 7.05 Å². The second-order valence-electron chi connectivity index (χ2n) is 6.91. The quantitative estimate of drug-likeness (QED) is 0.0771. The summed E-state index contributed by atoms with van der Waals surface area (Å²) in [6.07, 6.45) is -3.70. The van der Waals surface area contributed by atoms with E-state index in [2.05, 4.69) is 4.76 Å². The van der Waals surface area contributed by atoms with Gasteiger partial charge in [-0.2, -0.15) is 0 Å². The predicted molar refractivity (Wildman–Crippen MR) is 124 cm³/mol. The van der Waals surface area contributed by atoms with Crippen molar-refractivity contribution >= 4 is 32.0 Å². The van der Waals surface area contributed by atoms with E-state index in [0.717, 1.165) is 4.90 Å². The van der Waals surface area contributed by atoms with Crippen LogP contribution in [0.25, 0.3) is 0 Å². The molecule has 0 spiro atoms. The Balaban J connectivity index is 5.77. The summed E-state index contributed by atoms with van der Waals surface area (Å²) in [4.78, 5) is 36.6. The number of hydrogen-bond acceptors (Lipinski definition) is 11. The highest BCUT2D eigenvalue weighted by molar-refractivity contribution is 7.52. The molecule has 0 aromatic carbocycles. The van der Waals surface area contributed by atoms with Gasteiger partial charge in [-0.1, -0.05) is 27.7 Å². The van der Waals surface area contributed by atoms with E-state index in [1.54, 1.807) is 34.6 Å². The lowest BCUT2D eigenvalue weighted by Gasteiger charge is -2.25. The van der Waals surface area contributed by atoms with Crippen LogP contribution in [-0.2, 0) is 42.1 Å². The molecule has 0 radical (unpaired) electrons. The fourth-order valence-corrected chi connectivity index (χ4v) is 3.59. The van der Waals surface area contributed by atoms with Gasteiger partial charge >= 0.3 is 26.0 Å². The van der Waals surface area contributed by atoms with Gasteiger partial charge in [0.05, 0.1) is 19.8 Å². The first-order valence-electron chi connectivity index (χ1n) is 11.4. The molecule has 0 bridgehead atoms. The lowest BCUT2D eigenvalue weighted by molar-refractivity contribution is -0.143. The Morgan fingerprint density at radius 2 is 1.31 bits per heavy atom. The second-order valence-corrected chi connectivity index (χ2v) is 8.47.